The number of rotatable bonds is 4. The number of carbonyl (C=O) groups excluding carboxylic acids is 1. The van der Waals surface area contributed by atoms with Crippen LogP contribution in [0.4, 0.5) is 16.0 Å². The van der Waals surface area contributed by atoms with Crippen molar-refractivity contribution in [2.24, 2.45) is 5.92 Å². The second-order valence-corrected chi connectivity index (χ2v) is 8.89. The van der Waals surface area contributed by atoms with Crippen LogP contribution in [0.15, 0.2) is 48.9 Å². The molecule has 0 bridgehead atoms. The zero-order valence-corrected chi connectivity index (χ0v) is 18.0. The first-order valence-electron chi connectivity index (χ1n) is 10.5. The van der Waals surface area contributed by atoms with E-state index < -0.39 is 0 Å². The Balaban J connectivity index is 1.57. The fraction of sp³-hybridized carbons (Fsp3) is 0.391. The number of hydrogen-bond donors (Lipinski definition) is 1. The van der Waals surface area contributed by atoms with Crippen molar-refractivity contribution >= 4 is 17.5 Å². The molecule has 2 aromatic heterocycles. The fourth-order valence-electron chi connectivity index (χ4n) is 3.70. The van der Waals surface area contributed by atoms with Crippen LogP contribution in [0.3, 0.4) is 0 Å². The molecule has 1 N–H and O–H groups in total. The van der Waals surface area contributed by atoms with Crippen LogP contribution in [0.5, 0.6) is 0 Å². The number of piperidine rings is 1. The van der Waals surface area contributed by atoms with E-state index in [2.05, 4.69) is 41.0 Å². The summed E-state index contributed by atoms with van der Waals surface area (Å²) >= 11 is 0. The average molecular weight is 423 g/mol. The molecule has 0 spiro atoms. The summed E-state index contributed by atoms with van der Waals surface area (Å²) in [6.07, 6.45) is 6.73. The van der Waals surface area contributed by atoms with Gasteiger partial charge >= 0.3 is 0 Å². The monoisotopic (exact) mass is 422 g/mol. The Bertz CT molecular complexity index is 1040. The Labute approximate surface area is 181 Å². The van der Waals surface area contributed by atoms with Gasteiger partial charge in [0.15, 0.2) is 0 Å². The number of nitrogens with zero attached hydrogens (tertiary/aromatic N) is 5. The van der Waals surface area contributed by atoms with Gasteiger partial charge in [-0.25, -0.2) is 14.1 Å². The molecule has 4 rings (SSSR count). The van der Waals surface area contributed by atoms with E-state index in [1.54, 1.807) is 35.4 Å². The lowest BCUT2D eigenvalue weighted by molar-refractivity contribution is -0.120. The van der Waals surface area contributed by atoms with E-state index in [1.165, 1.54) is 12.1 Å². The maximum Gasteiger partial charge on any atom is 0.230 e. The highest BCUT2D eigenvalue weighted by Gasteiger charge is 2.28. The first kappa shape index (κ1) is 21.0. The molecule has 0 aliphatic carbocycles. The molecule has 1 atom stereocenters. The first-order chi connectivity index (χ1) is 14.8. The highest BCUT2D eigenvalue weighted by Crippen LogP contribution is 2.28. The van der Waals surface area contributed by atoms with E-state index in [9.17, 15) is 9.18 Å². The largest absolute Gasteiger partial charge is 0.355 e. The second kappa shape index (κ2) is 8.45. The van der Waals surface area contributed by atoms with E-state index >= 15 is 0 Å². The van der Waals surface area contributed by atoms with E-state index in [0.29, 0.717) is 18.1 Å². The molecule has 1 unspecified atom stereocenters. The molecular weight excluding hydrogens is 395 g/mol. The van der Waals surface area contributed by atoms with Gasteiger partial charge in [0.1, 0.15) is 17.5 Å². The van der Waals surface area contributed by atoms with Crippen LogP contribution < -0.4 is 10.2 Å². The number of carbonyl (C=O) groups is 1. The van der Waals surface area contributed by atoms with Crippen LogP contribution in [0.2, 0.25) is 0 Å². The van der Waals surface area contributed by atoms with Gasteiger partial charge in [-0.3, -0.25) is 9.78 Å². The minimum absolute atomic E-state index is 0.0580. The minimum atomic E-state index is -0.316. The fourth-order valence-corrected chi connectivity index (χ4v) is 3.70. The summed E-state index contributed by atoms with van der Waals surface area (Å²) in [6.45, 7) is 7.63. The molecule has 1 fully saturated rings. The molecule has 1 saturated heterocycles. The molecule has 1 aliphatic heterocycles. The summed E-state index contributed by atoms with van der Waals surface area (Å²) in [5.41, 5.74) is 1.34. The van der Waals surface area contributed by atoms with Gasteiger partial charge in [-0.05, 0) is 37.1 Å². The van der Waals surface area contributed by atoms with Gasteiger partial charge in [0.25, 0.3) is 0 Å². The lowest BCUT2D eigenvalue weighted by Gasteiger charge is -2.32. The average Bonchev–Trinajstić information content (AvgIpc) is 3.19. The predicted molar refractivity (Wildman–Crippen MR) is 118 cm³/mol. The molecule has 0 radical (unpaired) electrons. The molecule has 1 aliphatic rings. The van der Waals surface area contributed by atoms with Crippen LogP contribution >= 0.6 is 0 Å². The molecule has 1 amide bonds. The quantitative estimate of drug-likeness (QED) is 0.689. The Hall–Kier alpha value is -3.29. The number of nitrogens with one attached hydrogen (secondary N) is 1. The highest BCUT2D eigenvalue weighted by molar-refractivity contribution is 5.92. The van der Waals surface area contributed by atoms with Gasteiger partial charge in [0.2, 0.25) is 5.91 Å². The van der Waals surface area contributed by atoms with Crippen molar-refractivity contribution in [3.63, 3.8) is 0 Å². The summed E-state index contributed by atoms with van der Waals surface area (Å²) in [5.74, 6) is 0.816. The standard InChI is InChI=1S/C23H27FN6O/c1-23(2,3)19-13-20(30(28-19)18-8-6-17(24)7-9-18)27-22(31)16-5-4-12-29(15-16)21-14-25-10-11-26-21/h6-11,13-14,16H,4-5,12,15H2,1-3H3,(H,27,31). The van der Waals surface area contributed by atoms with E-state index in [0.717, 1.165) is 30.9 Å². The molecule has 31 heavy (non-hydrogen) atoms. The van der Waals surface area contributed by atoms with Gasteiger partial charge in [0.05, 0.1) is 23.5 Å². The molecule has 162 valence electrons. The van der Waals surface area contributed by atoms with Gasteiger partial charge in [-0.1, -0.05) is 20.8 Å². The maximum absolute atomic E-state index is 13.4. The second-order valence-electron chi connectivity index (χ2n) is 8.89. The normalized spacial score (nSPS) is 16.9. The molecule has 1 aromatic carbocycles. The molecule has 7 nitrogen and oxygen atoms in total. The Morgan fingerprint density at radius 1 is 1.19 bits per heavy atom. The predicted octanol–water partition coefficient (Wildman–Crippen LogP) is 3.95. The molecule has 3 heterocycles. The van der Waals surface area contributed by atoms with Gasteiger partial charge in [0, 0.05) is 37.0 Å². The van der Waals surface area contributed by atoms with Crippen molar-refractivity contribution in [1.29, 1.82) is 0 Å². The summed E-state index contributed by atoms with van der Waals surface area (Å²) in [6, 6.07) is 7.98. The summed E-state index contributed by atoms with van der Waals surface area (Å²) < 4.78 is 15.1. The lowest BCUT2D eigenvalue weighted by atomic mass is 9.92. The van der Waals surface area contributed by atoms with Crippen molar-refractivity contribution in [2.45, 2.75) is 39.0 Å². The van der Waals surface area contributed by atoms with Crippen LogP contribution in [0.1, 0.15) is 39.3 Å². The van der Waals surface area contributed by atoms with Crippen molar-refractivity contribution in [3.05, 3.63) is 60.4 Å². The molecule has 3 aromatic rings. The van der Waals surface area contributed by atoms with E-state index in [1.807, 2.05) is 6.07 Å². The smallest absolute Gasteiger partial charge is 0.230 e. The van der Waals surface area contributed by atoms with Gasteiger partial charge in [-0.15, -0.1) is 0 Å². The number of anilines is 2. The van der Waals surface area contributed by atoms with Crippen molar-refractivity contribution < 1.29 is 9.18 Å². The third kappa shape index (κ3) is 4.73. The maximum atomic E-state index is 13.4. The summed E-state index contributed by atoms with van der Waals surface area (Å²) in [4.78, 5) is 23.8. The van der Waals surface area contributed by atoms with Crippen LogP contribution in [-0.2, 0) is 10.2 Å². The van der Waals surface area contributed by atoms with Crippen molar-refractivity contribution in [2.75, 3.05) is 23.3 Å². The van der Waals surface area contributed by atoms with E-state index in [-0.39, 0.29) is 23.1 Å². The molecule has 0 saturated carbocycles. The Kier molecular flexibility index (Phi) is 5.71. The lowest BCUT2D eigenvalue weighted by Crippen LogP contribution is -2.41. The zero-order chi connectivity index (χ0) is 22.0. The minimum Gasteiger partial charge on any atom is -0.355 e. The molecule has 8 heteroatoms. The highest BCUT2D eigenvalue weighted by atomic mass is 19.1. The van der Waals surface area contributed by atoms with E-state index in [4.69, 9.17) is 5.10 Å². The van der Waals surface area contributed by atoms with Crippen LogP contribution in [0, 0.1) is 11.7 Å². The number of hydrogen-bond acceptors (Lipinski definition) is 5. The molecular formula is C23H27FN6O. The van der Waals surface area contributed by atoms with Crippen LogP contribution in [-0.4, -0.2) is 38.7 Å². The summed E-state index contributed by atoms with van der Waals surface area (Å²) in [7, 11) is 0. The third-order valence-corrected chi connectivity index (χ3v) is 5.47. The van der Waals surface area contributed by atoms with Crippen LogP contribution in [0.25, 0.3) is 5.69 Å². The van der Waals surface area contributed by atoms with Gasteiger partial charge in [-0.2, -0.15) is 5.10 Å². The van der Waals surface area contributed by atoms with Gasteiger partial charge < -0.3 is 10.2 Å². The summed E-state index contributed by atoms with van der Waals surface area (Å²) in [5, 5.41) is 7.76. The third-order valence-electron chi connectivity index (χ3n) is 5.47. The topological polar surface area (TPSA) is 75.9 Å². The number of amides is 1. The van der Waals surface area contributed by atoms with Crippen molar-refractivity contribution in [1.82, 2.24) is 19.7 Å². The number of halogens is 1. The van der Waals surface area contributed by atoms with Crippen molar-refractivity contribution in [3.8, 4) is 5.69 Å². The Morgan fingerprint density at radius 3 is 2.65 bits per heavy atom. The SMILES string of the molecule is CC(C)(C)c1cc(NC(=O)C2CCCN(c3cnccn3)C2)n(-c2ccc(F)cc2)n1. The number of benzene rings is 1. The Morgan fingerprint density at radius 2 is 1.97 bits per heavy atom. The first-order valence-corrected chi connectivity index (χ1v) is 10.5. The zero-order valence-electron chi connectivity index (χ0n) is 18.0. The number of aromatic nitrogens is 4.